The molecule has 2 saturated heterocycles. The SMILES string of the molecule is CC(=O)N1C(=O)N([N+](=O)[O-])[C@H]2[C@H]1N([N+](=O)[O-])C(=O)N2C(C)=O. The van der Waals surface area contributed by atoms with Gasteiger partial charge in [-0.25, -0.2) is 39.6 Å². The van der Waals surface area contributed by atoms with Crippen LogP contribution in [0, 0.1) is 20.2 Å². The van der Waals surface area contributed by atoms with E-state index in [-0.39, 0.29) is 19.8 Å². The molecule has 0 aromatic rings. The zero-order valence-electron chi connectivity index (χ0n) is 11.1. The number of carbonyl (C=O) groups excluding carboxylic acids is 4. The van der Waals surface area contributed by atoms with E-state index in [1.54, 1.807) is 0 Å². The van der Waals surface area contributed by atoms with E-state index >= 15 is 0 Å². The average Bonchev–Trinajstić information content (AvgIpc) is 2.76. The minimum absolute atomic E-state index is 0.158. The van der Waals surface area contributed by atoms with Crippen molar-refractivity contribution in [3.8, 4) is 0 Å². The smallest absolute Gasteiger partial charge is 0.275 e. The lowest BCUT2D eigenvalue weighted by atomic mass is 10.3. The van der Waals surface area contributed by atoms with Crippen molar-refractivity contribution < 1.29 is 29.2 Å². The van der Waals surface area contributed by atoms with Crippen molar-refractivity contribution in [1.82, 2.24) is 19.8 Å². The fourth-order valence-corrected chi connectivity index (χ4v) is 2.39. The fourth-order valence-electron chi connectivity index (χ4n) is 2.39. The molecule has 0 radical (unpaired) electrons. The van der Waals surface area contributed by atoms with Crippen molar-refractivity contribution >= 4 is 23.9 Å². The maximum atomic E-state index is 11.9. The molecule has 0 spiro atoms. The normalized spacial score (nSPS) is 23.9. The number of rotatable bonds is 2. The lowest BCUT2D eigenvalue weighted by molar-refractivity contribution is -0.653. The summed E-state index contributed by atoms with van der Waals surface area (Å²) in [5.41, 5.74) is 0. The van der Waals surface area contributed by atoms with Gasteiger partial charge in [0.1, 0.15) is 0 Å². The molecule has 6 amide bonds. The van der Waals surface area contributed by atoms with E-state index in [0.717, 1.165) is 13.8 Å². The predicted molar refractivity (Wildman–Crippen MR) is 61.1 cm³/mol. The number of hydrazine groups is 2. The highest BCUT2D eigenvalue weighted by atomic mass is 16.7. The second-order valence-electron chi connectivity index (χ2n) is 4.34. The summed E-state index contributed by atoms with van der Waals surface area (Å²) in [7, 11) is 0. The van der Waals surface area contributed by atoms with E-state index in [2.05, 4.69) is 0 Å². The van der Waals surface area contributed by atoms with Crippen molar-refractivity contribution in [2.24, 2.45) is 0 Å². The van der Waals surface area contributed by atoms with Gasteiger partial charge in [-0.1, -0.05) is 0 Å². The van der Waals surface area contributed by atoms with Crippen molar-refractivity contribution in [1.29, 1.82) is 0 Å². The first-order chi connectivity index (χ1) is 10.1. The van der Waals surface area contributed by atoms with E-state index in [0.29, 0.717) is 0 Å². The lowest BCUT2D eigenvalue weighted by Crippen LogP contribution is -2.51. The summed E-state index contributed by atoms with van der Waals surface area (Å²) >= 11 is 0. The predicted octanol–water partition coefficient (Wildman–Crippen LogP) is -1.41. The van der Waals surface area contributed by atoms with Crippen LogP contribution in [0.3, 0.4) is 0 Å². The molecule has 2 fully saturated rings. The summed E-state index contributed by atoms with van der Waals surface area (Å²) < 4.78 is 0. The van der Waals surface area contributed by atoms with Crippen LogP contribution in [-0.4, -0.2) is 66.1 Å². The molecule has 14 heteroatoms. The molecule has 22 heavy (non-hydrogen) atoms. The van der Waals surface area contributed by atoms with Crippen molar-refractivity contribution in [3.63, 3.8) is 0 Å². The molecule has 0 aliphatic carbocycles. The van der Waals surface area contributed by atoms with Gasteiger partial charge in [0.2, 0.25) is 24.1 Å². The molecule has 14 nitrogen and oxygen atoms in total. The topological polar surface area (TPSA) is 168 Å². The number of hydrogen-bond acceptors (Lipinski definition) is 8. The molecule has 2 aliphatic heterocycles. The van der Waals surface area contributed by atoms with Crippen LogP contribution in [0.2, 0.25) is 0 Å². The van der Waals surface area contributed by atoms with Crippen LogP contribution < -0.4 is 0 Å². The Balaban J connectivity index is 2.66. The van der Waals surface area contributed by atoms with E-state index in [1.165, 1.54) is 0 Å². The summed E-state index contributed by atoms with van der Waals surface area (Å²) in [6, 6.07) is -2.95. The zero-order valence-corrected chi connectivity index (χ0v) is 11.1. The number of nitro groups is 2. The molecule has 0 N–H and O–H groups in total. The fraction of sp³-hybridized carbons (Fsp3) is 0.500. The van der Waals surface area contributed by atoms with Gasteiger partial charge in [0.15, 0.2) is 10.1 Å². The van der Waals surface area contributed by atoms with Gasteiger partial charge >= 0.3 is 12.1 Å². The zero-order chi connectivity index (χ0) is 16.9. The molecular weight excluding hydrogens is 308 g/mol. The van der Waals surface area contributed by atoms with Crippen LogP contribution in [-0.2, 0) is 9.59 Å². The number of fused-ring (bicyclic) bond motifs is 1. The first kappa shape index (κ1) is 15.1. The van der Waals surface area contributed by atoms with Gasteiger partial charge in [0, 0.05) is 13.8 Å². The van der Waals surface area contributed by atoms with Crippen LogP contribution >= 0.6 is 0 Å². The van der Waals surface area contributed by atoms with Gasteiger partial charge in [-0.05, 0) is 10.0 Å². The Hall–Kier alpha value is -3.32. The summed E-state index contributed by atoms with van der Waals surface area (Å²) in [5.74, 6) is -2.09. The van der Waals surface area contributed by atoms with Gasteiger partial charge in [0.25, 0.3) is 0 Å². The second kappa shape index (κ2) is 4.61. The minimum Gasteiger partial charge on any atom is -0.275 e. The number of nitrogens with zero attached hydrogens (tertiary/aromatic N) is 6. The van der Waals surface area contributed by atoms with Crippen molar-refractivity contribution in [2.45, 2.75) is 26.2 Å². The maximum absolute atomic E-state index is 11.9. The maximum Gasteiger partial charge on any atom is 0.389 e. The second-order valence-corrected chi connectivity index (χ2v) is 4.34. The lowest BCUT2D eigenvalue weighted by Gasteiger charge is -2.18. The quantitative estimate of drug-likeness (QED) is 0.442. The Morgan fingerprint density at radius 2 is 1.14 bits per heavy atom. The first-order valence-corrected chi connectivity index (χ1v) is 5.65. The summed E-state index contributed by atoms with van der Waals surface area (Å²) in [6.45, 7) is 1.69. The Morgan fingerprint density at radius 3 is 1.32 bits per heavy atom. The Kier molecular flexibility index (Phi) is 3.16. The first-order valence-electron chi connectivity index (χ1n) is 5.65. The standard InChI is InChI=1S/C8H8N6O8/c1-3(15)9-5-6(12(7(9)17)14(21)22)10(4(2)16)8(18)11(5)13(19)20/h5-6H,1-2H3/t5-,6+. The van der Waals surface area contributed by atoms with E-state index in [9.17, 15) is 39.4 Å². The van der Waals surface area contributed by atoms with Crippen molar-refractivity contribution in [2.75, 3.05) is 0 Å². The molecule has 118 valence electrons. The summed E-state index contributed by atoms with van der Waals surface area (Å²) in [5, 5.41) is 19.2. The van der Waals surface area contributed by atoms with E-state index in [4.69, 9.17) is 0 Å². The van der Waals surface area contributed by atoms with Gasteiger partial charge in [-0.15, -0.1) is 0 Å². The summed E-state index contributed by atoms with van der Waals surface area (Å²) in [4.78, 5) is 69.3. The Labute approximate surface area is 120 Å². The number of imide groups is 2. The number of urea groups is 2. The Morgan fingerprint density at radius 1 is 0.864 bits per heavy atom. The van der Waals surface area contributed by atoms with E-state index < -0.39 is 46.3 Å². The number of hydrogen-bond donors (Lipinski definition) is 0. The largest absolute Gasteiger partial charge is 0.389 e. The molecule has 0 aromatic heterocycles. The van der Waals surface area contributed by atoms with Crippen LogP contribution in [0.5, 0.6) is 0 Å². The highest BCUT2D eigenvalue weighted by Crippen LogP contribution is 2.35. The van der Waals surface area contributed by atoms with Gasteiger partial charge in [0.05, 0.1) is 0 Å². The van der Waals surface area contributed by atoms with Crippen LogP contribution in [0.25, 0.3) is 0 Å². The molecule has 2 aliphatic rings. The van der Waals surface area contributed by atoms with Crippen LogP contribution in [0.15, 0.2) is 0 Å². The molecule has 0 bridgehead atoms. The monoisotopic (exact) mass is 316 g/mol. The molecule has 2 heterocycles. The summed E-state index contributed by atoms with van der Waals surface area (Å²) in [6.07, 6.45) is -3.83. The molecule has 0 saturated carbocycles. The van der Waals surface area contributed by atoms with Gasteiger partial charge in [-0.2, -0.15) is 0 Å². The van der Waals surface area contributed by atoms with Crippen LogP contribution in [0.1, 0.15) is 13.8 Å². The highest BCUT2D eigenvalue weighted by molar-refractivity contribution is 6.01. The van der Waals surface area contributed by atoms with Crippen molar-refractivity contribution in [3.05, 3.63) is 20.2 Å². The number of carbonyl (C=O) groups is 4. The third-order valence-electron chi connectivity index (χ3n) is 3.13. The third kappa shape index (κ3) is 1.73. The van der Waals surface area contributed by atoms with Crippen LogP contribution in [0.4, 0.5) is 9.59 Å². The van der Waals surface area contributed by atoms with Gasteiger partial charge < -0.3 is 0 Å². The molecule has 2 atom stereocenters. The Bertz CT molecular complexity index is 530. The minimum atomic E-state index is -1.92. The molecular formula is C8H8N6O8. The highest BCUT2D eigenvalue weighted by Gasteiger charge is 2.71. The molecule has 0 unspecified atom stereocenters. The molecule has 2 rings (SSSR count). The third-order valence-corrected chi connectivity index (χ3v) is 3.13. The van der Waals surface area contributed by atoms with Gasteiger partial charge in [-0.3, -0.25) is 9.59 Å². The molecule has 0 aromatic carbocycles. The number of amides is 6. The average molecular weight is 316 g/mol. The van der Waals surface area contributed by atoms with E-state index in [1.807, 2.05) is 0 Å².